The fraction of sp³-hybridized carbons (Fsp3) is 0.500. The first-order valence-corrected chi connectivity index (χ1v) is 5.82. The summed E-state index contributed by atoms with van der Waals surface area (Å²) >= 11 is 0. The molecule has 92 valence electrons. The van der Waals surface area contributed by atoms with Gasteiger partial charge in [-0.1, -0.05) is 13.8 Å². The van der Waals surface area contributed by atoms with Gasteiger partial charge in [-0.3, -0.25) is 9.36 Å². The highest BCUT2D eigenvalue weighted by atomic mass is 15.3. The van der Waals surface area contributed by atoms with Crippen LogP contribution < -0.4 is 5.32 Å². The van der Waals surface area contributed by atoms with E-state index in [9.17, 15) is 0 Å². The molecule has 0 spiro atoms. The van der Waals surface area contributed by atoms with Crippen molar-refractivity contribution in [1.82, 2.24) is 24.9 Å². The Labute approximate surface area is 101 Å². The van der Waals surface area contributed by atoms with Gasteiger partial charge in [-0.25, -0.2) is 0 Å². The van der Waals surface area contributed by atoms with E-state index in [0.717, 1.165) is 17.9 Å². The van der Waals surface area contributed by atoms with Crippen LogP contribution in [0, 0.1) is 0 Å². The summed E-state index contributed by atoms with van der Waals surface area (Å²) in [6.07, 6.45) is 3.85. The SMILES string of the molecule is CC(C)NCc1cn(C)nc1-c1ccnn1C. The third kappa shape index (κ3) is 2.55. The van der Waals surface area contributed by atoms with Gasteiger partial charge < -0.3 is 5.32 Å². The van der Waals surface area contributed by atoms with E-state index < -0.39 is 0 Å². The summed E-state index contributed by atoms with van der Waals surface area (Å²) in [6.45, 7) is 5.10. The van der Waals surface area contributed by atoms with Crippen LogP contribution in [0.15, 0.2) is 18.5 Å². The average Bonchev–Trinajstić information content (AvgIpc) is 2.81. The number of hydrogen-bond acceptors (Lipinski definition) is 3. The predicted molar refractivity (Wildman–Crippen MR) is 67.4 cm³/mol. The minimum absolute atomic E-state index is 0.467. The van der Waals surface area contributed by atoms with Crippen LogP contribution in [0.25, 0.3) is 11.4 Å². The second-order valence-corrected chi connectivity index (χ2v) is 4.55. The van der Waals surface area contributed by atoms with Crippen molar-refractivity contribution >= 4 is 0 Å². The van der Waals surface area contributed by atoms with Crippen molar-refractivity contribution in [3.8, 4) is 11.4 Å². The van der Waals surface area contributed by atoms with E-state index in [-0.39, 0.29) is 0 Å². The van der Waals surface area contributed by atoms with Gasteiger partial charge in [-0.2, -0.15) is 10.2 Å². The predicted octanol–water partition coefficient (Wildman–Crippen LogP) is 1.32. The molecule has 0 aliphatic rings. The monoisotopic (exact) mass is 233 g/mol. The first-order chi connectivity index (χ1) is 8.08. The van der Waals surface area contributed by atoms with E-state index >= 15 is 0 Å². The van der Waals surface area contributed by atoms with Crippen LogP contribution in [0.5, 0.6) is 0 Å². The Hall–Kier alpha value is -1.62. The summed E-state index contributed by atoms with van der Waals surface area (Å²) in [5.74, 6) is 0. The van der Waals surface area contributed by atoms with Crippen molar-refractivity contribution in [3.05, 3.63) is 24.0 Å². The van der Waals surface area contributed by atoms with Gasteiger partial charge in [-0.05, 0) is 6.07 Å². The van der Waals surface area contributed by atoms with Crippen molar-refractivity contribution in [2.45, 2.75) is 26.4 Å². The molecule has 0 radical (unpaired) electrons. The molecule has 2 heterocycles. The van der Waals surface area contributed by atoms with Crippen LogP contribution in [-0.2, 0) is 20.6 Å². The average molecular weight is 233 g/mol. The van der Waals surface area contributed by atoms with Crippen LogP contribution in [0.3, 0.4) is 0 Å². The summed E-state index contributed by atoms with van der Waals surface area (Å²) in [6, 6.07) is 2.45. The molecule has 5 nitrogen and oxygen atoms in total. The second-order valence-electron chi connectivity index (χ2n) is 4.55. The largest absolute Gasteiger partial charge is 0.310 e. The fourth-order valence-corrected chi connectivity index (χ4v) is 1.80. The number of nitrogens with one attached hydrogen (secondary N) is 1. The summed E-state index contributed by atoms with van der Waals surface area (Å²) in [7, 11) is 3.88. The summed E-state index contributed by atoms with van der Waals surface area (Å²) in [5, 5.41) is 12.1. The molecule has 0 bridgehead atoms. The summed E-state index contributed by atoms with van der Waals surface area (Å²) in [4.78, 5) is 0. The Morgan fingerprint density at radius 2 is 2.12 bits per heavy atom. The Kier molecular flexibility index (Phi) is 3.28. The minimum Gasteiger partial charge on any atom is -0.310 e. The van der Waals surface area contributed by atoms with Crippen molar-refractivity contribution in [2.24, 2.45) is 14.1 Å². The van der Waals surface area contributed by atoms with Crippen molar-refractivity contribution in [2.75, 3.05) is 0 Å². The maximum absolute atomic E-state index is 4.51. The first-order valence-electron chi connectivity index (χ1n) is 5.82. The maximum Gasteiger partial charge on any atom is 0.115 e. The van der Waals surface area contributed by atoms with E-state index in [2.05, 4.69) is 35.6 Å². The molecule has 0 atom stereocenters. The van der Waals surface area contributed by atoms with Gasteiger partial charge in [0.15, 0.2) is 0 Å². The van der Waals surface area contributed by atoms with Gasteiger partial charge >= 0.3 is 0 Å². The van der Waals surface area contributed by atoms with Crippen molar-refractivity contribution < 1.29 is 0 Å². The maximum atomic E-state index is 4.51. The van der Waals surface area contributed by atoms with Crippen LogP contribution in [-0.4, -0.2) is 25.6 Å². The molecule has 0 fully saturated rings. The smallest absolute Gasteiger partial charge is 0.115 e. The number of nitrogens with zero attached hydrogens (tertiary/aromatic N) is 4. The van der Waals surface area contributed by atoms with Crippen LogP contribution >= 0.6 is 0 Å². The second kappa shape index (κ2) is 4.71. The van der Waals surface area contributed by atoms with Gasteiger partial charge in [-0.15, -0.1) is 0 Å². The van der Waals surface area contributed by atoms with Gasteiger partial charge in [0, 0.05) is 44.6 Å². The van der Waals surface area contributed by atoms with E-state index in [1.54, 1.807) is 6.20 Å². The van der Waals surface area contributed by atoms with Crippen LogP contribution in [0.2, 0.25) is 0 Å². The van der Waals surface area contributed by atoms with Crippen LogP contribution in [0.1, 0.15) is 19.4 Å². The molecular weight excluding hydrogens is 214 g/mol. The Balaban J connectivity index is 2.31. The molecule has 17 heavy (non-hydrogen) atoms. The van der Waals surface area contributed by atoms with E-state index in [1.165, 1.54) is 5.56 Å². The summed E-state index contributed by atoms with van der Waals surface area (Å²) < 4.78 is 3.70. The van der Waals surface area contributed by atoms with E-state index in [0.29, 0.717) is 6.04 Å². The lowest BCUT2D eigenvalue weighted by molar-refractivity contribution is 0.588. The lowest BCUT2D eigenvalue weighted by atomic mass is 10.2. The first kappa shape index (κ1) is 11.9. The van der Waals surface area contributed by atoms with Gasteiger partial charge in [0.05, 0.1) is 5.69 Å². The Morgan fingerprint density at radius 1 is 1.35 bits per heavy atom. The number of rotatable bonds is 4. The topological polar surface area (TPSA) is 47.7 Å². The molecular formula is C12H19N5. The molecule has 0 amide bonds. The normalized spacial score (nSPS) is 11.4. The third-order valence-corrected chi connectivity index (χ3v) is 2.67. The highest BCUT2D eigenvalue weighted by Crippen LogP contribution is 2.20. The molecule has 5 heteroatoms. The Bertz CT molecular complexity index is 495. The number of aromatic nitrogens is 4. The van der Waals surface area contributed by atoms with Gasteiger partial charge in [0.25, 0.3) is 0 Å². The molecule has 0 aromatic carbocycles. The molecule has 1 N–H and O–H groups in total. The quantitative estimate of drug-likeness (QED) is 0.866. The zero-order chi connectivity index (χ0) is 12.4. The molecule has 0 unspecified atom stereocenters. The molecule has 2 aromatic heterocycles. The molecule has 0 aliphatic heterocycles. The standard InChI is InChI=1S/C12H19N5/c1-9(2)13-7-10-8-16(3)15-12(10)11-5-6-14-17(11)4/h5-6,8-9,13H,7H2,1-4H3. The summed E-state index contributed by atoms with van der Waals surface area (Å²) in [5.41, 5.74) is 3.25. The van der Waals surface area contributed by atoms with Gasteiger partial charge in [0.2, 0.25) is 0 Å². The molecule has 2 aromatic rings. The zero-order valence-corrected chi connectivity index (χ0v) is 10.8. The lowest BCUT2D eigenvalue weighted by Crippen LogP contribution is -2.22. The number of aryl methyl sites for hydroxylation is 2. The van der Waals surface area contributed by atoms with Gasteiger partial charge in [0.1, 0.15) is 5.69 Å². The Morgan fingerprint density at radius 3 is 2.71 bits per heavy atom. The van der Waals surface area contributed by atoms with E-state index in [1.807, 2.05) is 29.5 Å². The molecule has 0 aliphatic carbocycles. The molecule has 2 rings (SSSR count). The molecule has 0 saturated carbocycles. The highest BCUT2D eigenvalue weighted by Gasteiger charge is 2.13. The lowest BCUT2D eigenvalue weighted by Gasteiger charge is -2.07. The molecule has 0 saturated heterocycles. The minimum atomic E-state index is 0.467. The van der Waals surface area contributed by atoms with Crippen molar-refractivity contribution in [1.29, 1.82) is 0 Å². The fourth-order valence-electron chi connectivity index (χ4n) is 1.80. The van der Waals surface area contributed by atoms with E-state index in [4.69, 9.17) is 0 Å². The third-order valence-electron chi connectivity index (χ3n) is 2.67. The number of hydrogen-bond donors (Lipinski definition) is 1. The zero-order valence-electron chi connectivity index (χ0n) is 10.8. The highest BCUT2D eigenvalue weighted by molar-refractivity contribution is 5.58. The van der Waals surface area contributed by atoms with Crippen molar-refractivity contribution in [3.63, 3.8) is 0 Å². The van der Waals surface area contributed by atoms with Crippen LogP contribution in [0.4, 0.5) is 0 Å².